The van der Waals surface area contributed by atoms with Crippen LogP contribution in [0.4, 0.5) is 0 Å². The first-order chi connectivity index (χ1) is 13.9. The van der Waals surface area contributed by atoms with Crippen LogP contribution in [0.3, 0.4) is 0 Å². The van der Waals surface area contributed by atoms with E-state index in [0.29, 0.717) is 5.75 Å². The molecule has 0 fully saturated rings. The van der Waals surface area contributed by atoms with Crippen molar-refractivity contribution in [3.63, 3.8) is 0 Å². The van der Waals surface area contributed by atoms with E-state index in [4.69, 9.17) is 14.7 Å². The van der Waals surface area contributed by atoms with E-state index in [2.05, 4.69) is 5.16 Å². The van der Waals surface area contributed by atoms with Gasteiger partial charge in [-0.25, -0.2) is 4.79 Å². The second kappa shape index (κ2) is 7.60. The Bertz CT molecular complexity index is 1130. The molecule has 2 heterocycles. The Morgan fingerprint density at radius 2 is 2.00 bits per heavy atom. The van der Waals surface area contributed by atoms with E-state index in [-0.39, 0.29) is 17.8 Å². The molecule has 2 N–H and O–H groups in total. The molecule has 0 aliphatic carbocycles. The number of aliphatic carboxylic acids is 1. The molecular weight excluding hydrogens is 390 g/mol. The highest BCUT2D eigenvalue weighted by Gasteiger charge is 2.34. The van der Waals surface area contributed by atoms with E-state index < -0.39 is 5.97 Å². The summed E-state index contributed by atoms with van der Waals surface area (Å²) in [7, 11) is 0. The van der Waals surface area contributed by atoms with Crippen LogP contribution in [0.15, 0.2) is 53.7 Å². The van der Waals surface area contributed by atoms with E-state index in [0.717, 1.165) is 38.1 Å². The van der Waals surface area contributed by atoms with Crippen LogP contribution in [0.2, 0.25) is 0 Å². The predicted molar refractivity (Wildman–Crippen MR) is 113 cm³/mol. The van der Waals surface area contributed by atoms with Crippen molar-refractivity contribution in [2.45, 2.75) is 25.9 Å². The molecule has 148 valence electrons. The molecule has 2 unspecified atom stereocenters. The van der Waals surface area contributed by atoms with Gasteiger partial charge in [0.1, 0.15) is 23.4 Å². The Kier molecular flexibility index (Phi) is 4.98. The second-order valence-electron chi connectivity index (χ2n) is 6.84. The molecule has 0 bridgehead atoms. The Hall–Kier alpha value is -3.32. The Morgan fingerprint density at radius 3 is 2.66 bits per heavy atom. The van der Waals surface area contributed by atoms with E-state index in [1.807, 2.05) is 19.9 Å². The molecule has 6 nitrogen and oxygen atoms in total. The molecule has 3 aromatic rings. The third kappa shape index (κ3) is 3.82. The van der Waals surface area contributed by atoms with Crippen molar-refractivity contribution in [2.24, 2.45) is 5.16 Å². The monoisotopic (exact) mass is 409 g/mol. The molecule has 0 spiro atoms. The van der Waals surface area contributed by atoms with Gasteiger partial charge in [0, 0.05) is 16.2 Å². The van der Waals surface area contributed by atoms with Gasteiger partial charge in [0.05, 0.1) is 16.5 Å². The zero-order valence-electron chi connectivity index (χ0n) is 15.8. The lowest BCUT2D eigenvalue weighted by Gasteiger charge is -2.15. The topological polar surface area (TPSA) is 88.4 Å². The molecule has 1 aromatic heterocycles. The molecule has 29 heavy (non-hydrogen) atoms. The number of aromatic hydroxyl groups is 1. The maximum atomic E-state index is 10.7. The average molecular weight is 409 g/mol. The standard InChI is InChI=1S/C22H19NO5S/c1-12-20(13(2)28-23-12)22-21(17-9-6-15(24)11-18(17)29-22)27-16-7-3-14(4-8-16)5-10-19(25)26/h3-11,13,20,24H,1-2H3,(H,25,26)/b10-5+. The number of carbonyl (C=O) groups is 1. The highest BCUT2D eigenvalue weighted by Crippen LogP contribution is 2.47. The van der Waals surface area contributed by atoms with Gasteiger partial charge in [0.2, 0.25) is 0 Å². The maximum Gasteiger partial charge on any atom is 0.328 e. The van der Waals surface area contributed by atoms with Crippen LogP contribution in [0.25, 0.3) is 16.2 Å². The highest BCUT2D eigenvalue weighted by molar-refractivity contribution is 7.19. The zero-order valence-corrected chi connectivity index (χ0v) is 16.6. The van der Waals surface area contributed by atoms with E-state index in [1.165, 1.54) is 6.08 Å². The number of fused-ring (bicyclic) bond motifs is 1. The summed E-state index contributed by atoms with van der Waals surface area (Å²) in [5.74, 6) is 0.533. The molecule has 7 heteroatoms. The molecule has 4 rings (SSSR count). The predicted octanol–water partition coefficient (Wildman–Crippen LogP) is 5.38. The summed E-state index contributed by atoms with van der Waals surface area (Å²) >= 11 is 1.55. The van der Waals surface area contributed by atoms with Crippen LogP contribution in [0.5, 0.6) is 17.2 Å². The van der Waals surface area contributed by atoms with Crippen LogP contribution in [0, 0.1) is 0 Å². The van der Waals surface area contributed by atoms with E-state index >= 15 is 0 Å². The number of benzene rings is 2. The molecule has 1 aliphatic heterocycles. The second-order valence-corrected chi connectivity index (χ2v) is 7.92. The largest absolute Gasteiger partial charge is 0.508 e. The molecule has 0 amide bonds. The van der Waals surface area contributed by atoms with Crippen LogP contribution in [-0.2, 0) is 9.63 Å². The number of thiophene rings is 1. The maximum absolute atomic E-state index is 10.7. The van der Waals surface area contributed by atoms with Gasteiger partial charge in [-0.15, -0.1) is 11.3 Å². The normalized spacial score (nSPS) is 18.8. The fourth-order valence-electron chi connectivity index (χ4n) is 3.35. The van der Waals surface area contributed by atoms with Crippen LogP contribution >= 0.6 is 11.3 Å². The van der Waals surface area contributed by atoms with Crippen LogP contribution in [-0.4, -0.2) is 28.0 Å². The first-order valence-electron chi connectivity index (χ1n) is 9.07. The number of carboxylic acid groups (broad SMARTS) is 1. The van der Waals surface area contributed by atoms with Crippen molar-refractivity contribution in [3.8, 4) is 17.2 Å². The smallest absolute Gasteiger partial charge is 0.328 e. The zero-order chi connectivity index (χ0) is 20.5. The van der Waals surface area contributed by atoms with Crippen molar-refractivity contribution in [1.82, 2.24) is 0 Å². The van der Waals surface area contributed by atoms with Crippen molar-refractivity contribution in [1.29, 1.82) is 0 Å². The van der Waals surface area contributed by atoms with Crippen molar-refractivity contribution in [3.05, 3.63) is 59.0 Å². The number of ether oxygens (including phenoxy) is 1. The molecular formula is C22H19NO5S. The molecule has 0 radical (unpaired) electrons. The first kappa shape index (κ1) is 19.0. The molecule has 1 aliphatic rings. The number of hydrogen-bond acceptors (Lipinski definition) is 6. The fourth-order valence-corrected chi connectivity index (χ4v) is 4.77. The minimum absolute atomic E-state index is 0.0256. The molecule has 0 saturated carbocycles. The molecule has 2 aromatic carbocycles. The number of phenols is 1. The lowest BCUT2D eigenvalue weighted by Crippen LogP contribution is -2.15. The minimum atomic E-state index is -0.993. The summed E-state index contributed by atoms with van der Waals surface area (Å²) in [6.45, 7) is 3.91. The van der Waals surface area contributed by atoms with Gasteiger partial charge in [0.25, 0.3) is 0 Å². The third-order valence-electron chi connectivity index (χ3n) is 4.74. The van der Waals surface area contributed by atoms with Gasteiger partial charge < -0.3 is 19.8 Å². The Morgan fingerprint density at radius 1 is 1.24 bits per heavy atom. The number of rotatable bonds is 5. The average Bonchev–Trinajstić information content (AvgIpc) is 3.20. The van der Waals surface area contributed by atoms with Crippen molar-refractivity contribution < 1.29 is 24.6 Å². The van der Waals surface area contributed by atoms with E-state index in [1.54, 1.807) is 47.7 Å². The van der Waals surface area contributed by atoms with Gasteiger partial charge in [-0.3, -0.25) is 0 Å². The van der Waals surface area contributed by atoms with Gasteiger partial charge >= 0.3 is 5.97 Å². The van der Waals surface area contributed by atoms with Gasteiger partial charge in [-0.2, -0.15) is 0 Å². The van der Waals surface area contributed by atoms with E-state index in [9.17, 15) is 9.90 Å². The fraction of sp³-hybridized carbons (Fsp3) is 0.182. The number of nitrogens with zero attached hydrogens (tertiary/aromatic N) is 1. The summed E-state index contributed by atoms with van der Waals surface area (Å²) in [6.07, 6.45) is 2.51. The van der Waals surface area contributed by atoms with Gasteiger partial charge in [-0.1, -0.05) is 17.3 Å². The quantitative estimate of drug-likeness (QED) is 0.553. The van der Waals surface area contributed by atoms with Crippen molar-refractivity contribution >= 4 is 39.2 Å². The number of oxime groups is 1. The summed E-state index contributed by atoms with van der Waals surface area (Å²) < 4.78 is 7.19. The lowest BCUT2D eigenvalue weighted by molar-refractivity contribution is -0.131. The number of hydrogen-bond donors (Lipinski definition) is 2. The summed E-state index contributed by atoms with van der Waals surface area (Å²) in [5.41, 5.74) is 1.65. The number of phenolic OH excluding ortho intramolecular Hbond substituents is 1. The number of carboxylic acids is 1. The lowest BCUT2D eigenvalue weighted by atomic mass is 9.96. The Balaban J connectivity index is 1.73. The summed E-state index contributed by atoms with van der Waals surface area (Å²) in [4.78, 5) is 17.1. The van der Waals surface area contributed by atoms with Crippen LogP contribution in [0.1, 0.15) is 30.2 Å². The van der Waals surface area contributed by atoms with Crippen LogP contribution < -0.4 is 4.74 Å². The van der Waals surface area contributed by atoms with Crippen molar-refractivity contribution in [2.75, 3.05) is 0 Å². The summed E-state index contributed by atoms with van der Waals surface area (Å²) in [6, 6.07) is 12.4. The highest BCUT2D eigenvalue weighted by atomic mass is 32.1. The molecule has 0 saturated heterocycles. The first-order valence-corrected chi connectivity index (χ1v) is 9.88. The summed E-state index contributed by atoms with van der Waals surface area (Å²) in [5, 5.41) is 23.7. The molecule has 2 atom stereocenters. The third-order valence-corrected chi connectivity index (χ3v) is 5.95. The minimum Gasteiger partial charge on any atom is -0.508 e. The Labute approximate surface area is 171 Å². The van der Waals surface area contributed by atoms with Gasteiger partial charge in [0.15, 0.2) is 0 Å². The van der Waals surface area contributed by atoms with Gasteiger partial charge in [-0.05, 0) is 55.8 Å². The SMILES string of the molecule is CC1=NOC(C)C1c1sc2cc(O)ccc2c1Oc1ccc(/C=C/C(=O)O)cc1.